The number of rotatable bonds is 11. The number of carbonyl (C=O) groups is 1. The van der Waals surface area contributed by atoms with E-state index in [4.69, 9.17) is 23.7 Å². The van der Waals surface area contributed by atoms with Gasteiger partial charge < -0.3 is 49.2 Å². The molecule has 1 aliphatic carbocycles. The van der Waals surface area contributed by atoms with Gasteiger partial charge in [0.2, 0.25) is 12.6 Å². The van der Waals surface area contributed by atoms with Crippen LogP contribution in [0, 0.1) is 11.3 Å². The Bertz CT molecular complexity index is 879. The Morgan fingerprint density at radius 3 is 2.46 bits per heavy atom. The summed E-state index contributed by atoms with van der Waals surface area (Å²) in [5.74, 6) is -2.31. The van der Waals surface area contributed by atoms with Gasteiger partial charge in [-0.2, -0.15) is 0 Å². The van der Waals surface area contributed by atoms with E-state index in [-0.39, 0.29) is 25.6 Å². The van der Waals surface area contributed by atoms with Crippen molar-refractivity contribution in [3.05, 3.63) is 35.9 Å². The number of benzene rings is 1. The Morgan fingerprint density at radius 1 is 1.17 bits per heavy atom. The van der Waals surface area contributed by atoms with Gasteiger partial charge in [-0.3, -0.25) is 0 Å². The number of ether oxygens (including phenoxy) is 5. The van der Waals surface area contributed by atoms with Crippen LogP contribution in [0.4, 0.5) is 0 Å². The maximum atomic E-state index is 12.5. The molecule has 2 heterocycles. The van der Waals surface area contributed by atoms with Crippen molar-refractivity contribution >= 4 is 5.97 Å². The molecule has 35 heavy (non-hydrogen) atoms. The van der Waals surface area contributed by atoms with E-state index in [9.17, 15) is 30.3 Å². The predicted octanol–water partition coefficient (Wildman–Crippen LogP) is -0.125. The summed E-state index contributed by atoms with van der Waals surface area (Å²) >= 11 is 0. The summed E-state index contributed by atoms with van der Waals surface area (Å²) < 4.78 is 28.5. The van der Waals surface area contributed by atoms with Crippen LogP contribution in [-0.2, 0) is 23.7 Å². The summed E-state index contributed by atoms with van der Waals surface area (Å²) in [5, 5.41) is 49.6. The van der Waals surface area contributed by atoms with Crippen LogP contribution in [0.2, 0.25) is 0 Å². The Kier molecular flexibility index (Phi) is 7.54. The Balaban J connectivity index is 1.42. The van der Waals surface area contributed by atoms with E-state index in [0.717, 1.165) is 0 Å². The zero-order valence-electron chi connectivity index (χ0n) is 19.8. The van der Waals surface area contributed by atoms with Crippen molar-refractivity contribution in [2.75, 3.05) is 19.8 Å². The third kappa shape index (κ3) is 5.10. The normalized spacial score (nSPS) is 36.2. The van der Waals surface area contributed by atoms with Crippen molar-refractivity contribution in [1.29, 1.82) is 0 Å². The largest absolute Gasteiger partial charge is 0.461 e. The van der Waals surface area contributed by atoms with Crippen LogP contribution < -0.4 is 0 Å². The second kappa shape index (κ2) is 10.0. The molecule has 1 aromatic carbocycles. The minimum absolute atomic E-state index is 0.0168. The molecule has 0 radical (unpaired) electrons. The van der Waals surface area contributed by atoms with E-state index in [2.05, 4.69) is 0 Å². The lowest BCUT2D eigenvalue weighted by molar-refractivity contribution is -0.365. The molecule has 1 saturated carbocycles. The minimum atomic E-state index is -2.05. The van der Waals surface area contributed by atoms with E-state index >= 15 is 0 Å². The van der Waals surface area contributed by atoms with E-state index in [1.807, 2.05) is 0 Å². The van der Waals surface area contributed by atoms with Crippen molar-refractivity contribution in [1.82, 2.24) is 0 Å². The van der Waals surface area contributed by atoms with Gasteiger partial charge in [-0.25, -0.2) is 4.79 Å². The van der Waals surface area contributed by atoms with Crippen LogP contribution in [0.15, 0.2) is 30.3 Å². The monoisotopic (exact) mass is 498 g/mol. The first-order valence-corrected chi connectivity index (χ1v) is 11.7. The molecule has 4 rings (SSSR count). The average molecular weight is 499 g/mol. The fraction of sp³-hybridized carbons (Fsp3) is 0.708. The number of carbonyl (C=O) groups excluding carboxylic acids is 1. The molecule has 3 aliphatic rings. The molecule has 0 spiro atoms. The van der Waals surface area contributed by atoms with E-state index in [0.29, 0.717) is 18.4 Å². The summed E-state index contributed by atoms with van der Waals surface area (Å²) in [5.41, 5.74) is -1.38. The van der Waals surface area contributed by atoms with Gasteiger partial charge in [0.05, 0.1) is 35.9 Å². The van der Waals surface area contributed by atoms with Gasteiger partial charge in [0.25, 0.3) is 0 Å². The van der Waals surface area contributed by atoms with Crippen molar-refractivity contribution in [3.8, 4) is 0 Å². The third-order valence-electron chi connectivity index (χ3n) is 7.24. The molecule has 0 amide bonds. The van der Waals surface area contributed by atoms with Crippen molar-refractivity contribution < 1.29 is 54.0 Å². The fourth-order valence-electron chi connectivity index (χ4n) is 5.26. The highest BCUT2D eigenvalue weighted by Gasteiger charge is 2.73. The van der Waals surface area contributed by atoms with Crippen LogP contribution >= 0.6 is 0 Å². The van der Waals surface area contributed by atoms with E-state index < -0.39 is 60.5 Å². The minimum Gasteiger partial charge on any atom is -0.461 e. The topological polar surface area (TPSA) is 164 Å². The molecular formula is C24H34O11. The molecule has 11 heteroatoms. The SMILES string of the molecule is CC(O)C(CO)OC(OC[C@]1(C)C[C@@]2(O)OC(O1)C1(COC(=O)c3ccccc3)CCC12)C(O)O. The maximum absolute atomic E-state index is 12.5. The Hall–Kier alpha value is -1.67. The van der Waals surface area contributed by atoms with E-state index in [1.54, 1.807) is 37.3 Å². The first-order chi connectivity index (χ1) is 16.5. The molecule has 0 aromatic heterocycles. The summed E-state index contributed by atoms with van der Waals surface area (Å²) in [6.45, 7) is 2.34. The van der Waals surface area contributed by atoms with Crippen LogP contribution in [0.5, 0.6) is 0 Å². The summed E-state index contributed by atoms with van der Waals surface area (Å²) in [4.78, 5) is 12.5. The molecular weight excluding hydrogens is 464 g/mol. The zero-order valence-corrected chi connectivity index (χ0v) is 19.8. The highest BCUT2D eigenvalue weighted by Crippen LogP contribution is 2.66. The summed E-state index contributed by atoms with van der Waals surface area (Å²) in [7, 11) is 0. The quantitative estimate of drug-likeness (QED) is 0.204. The third-order valence-corrected chi connectivity index (χ3v) is 7.24. The van der Waals surface area contributed by atoms with Gasteiger partial charge in [-0.15, -0.1) is 0 Å². The molecule has 8 atom stereocenters. The highest BCUT2D eigenvalue weighted by molar-refractivity contribution is 5.89. The van der Waals surface area contributed by atoms with Crippen LogP contribution in [0.1, 0.15) is 43.5 Å². The number of esters is 1. The number of aliphatic hydroxyl groups excluding tert-OH is 3. The van der Waals surface area contributed by atoms with Gasteiger partial charge in [0.15, 0.2) is 12.1 Å². The molecule has 2 aliphatic heterocycles. The molecule has 2 bridgehead atoms. The van der Waals surface area contributed by atoms with Crippen molar-refractivity contribution in [2.24, 2.45) is 11.3 Å². The highest BCUT2D eigenvalue weighted by atomic mass is 16.8. The van der Waals surface area contributed by atoms with Crippen molar-refractivity contribution in [3.63, 3.8) is 0 Å². The van der Waals surface area contributed by atoms with Gasteiger partial charge >= 0.3 is 5.97 Å². The number of hydrogen-bond donors (Lipinski definition) is 5. The van der Waals surface area contributed by atoms with Gasteiger partial charge in [-0.1, -0.05) is 18.2 Å². The van der Waals surface area contributed by atoms with E-state index in [1.165, 1.54) is 6.92 Å². The Morgan fingerprint density at radius 2 is 1.89 bits per heavy atom. The second-order valence-corrected chi connectivity index (χ2v) is 10.00. The van der Waals surface area contributed by atoms with Gasteiger partial charge in [-0.05, 0) is 38.8 Å². The van der Waals surface area contributed by atoms with Crippen LogP contribution in [0.3, 0.4) is 0 Å². The van der Waals surface area contributed by atoms with Crippen molar-refractivity contribution in [2.45, 2.75) is 75.6 Å². The maximum Gasteiger partial charge on any atom is 0.338 e. The average Bonchev–Trinajstić information content (AvgIpc) is 2.89. The predicted molar refractivity (Wildman–Crippen MR) is 117 cm³/mol. The lowest BCUT2D eigenvalue weighted by Crippen LogP contribution is -2.53. The summed E-state index contributed by atoms with van der Waals surface area (Å²) in [6, 6.07) is 8.61. The van der Waals surface area contributed by atoms with Gasteiger partial charge in [0, 0.05) is 12.3 Å². The lowest BCUT2D eigenvalue weighted by atomic mass is 9.58. The smallest absolute Gasteiger partial charge is 0.338 e. The molecule has 1 aromatic rings. The number of fused-ring (bicyclic) bond motifs is 5. The molecule has 3 fully saturated rings. The number of aliphatic hydroxyl groups is 5. The molecule has 196 valence electrons. The Labute approximate surface area is 203 Å². The molecule has 5 N–H and O–H groups in total. The second-order valence-electron chi connectivity index (χ2n) is 10.00. The van der Waals surface area contributed by atoms with Crippen LogP contribution in [-0.4, -0.2) is 93.8 Å². The molecule has 6 unspecified atom stereocenters. The molecule has 2 saturated heterocycles. The first-order valence-electron chi connectivity index (χ1n) is 11.7. The van der Waals surface area contributed by atoms with Crippen LogP contribution in [0.25, 0.3) is 0 Å². The fourth-order valence-corrected chi connectivity index (χ4v) is 5.26. The summed E-state index contributed by atoms with van der Waals surface area (Å²) in [6.07, 6.45) is -5.32. The lowest BCUT2D eigenvalue weighted by Gasteiger charge is -2.46. The first kappa shape index (κ1) is 26.4. The standard InChI is InChI=1S/C24H34O11/c1-14(26)16(10-25)33-20(18(27)28)32-12-22(2)11-24(30)17-8-9-23(17,21(34-22)35-24)13-31-19(29)15-6-4-3-5-7-15/h3-7,14,16-18,20-21,25-28,30H,8-13H2,1-2H3/t14?,16?,17?,20?,21?,22-,23?,24+/m0/s1. The number of hydrogen-bond acceptors (Lipinski definition) is 11. The van der Waals surface area contributed by atoms with Gasteiger partial charge in [0.1, 0.15) is 12.7 Å². The molecule has 11 nitrogen and oxygen atoms in total. The zero-order chi connectivity index (χ0) is 25.4.